The van der Waals surface area contributed by atoms with Crippen molar-refractivity contribution in [2.45, 2.75) is 38.1 Å². The van der Waals surface area contributed by atoms with Gasteiger partial charge < -0.3 is 10.1 Å². The van der Waals surface area contributed by atoms with Gasteiger partial charge in [0.1, 0.15) is 0 Å². The van der Waals surface area contributed by atoms with Crippen molar-refractivity contribution < 1.29 is 4.74 Å². The summed E-state index contributed by atoms with van der Waals surface area (Å²) >= 11 is 0. The van der Waals surface area contributed by atoms with E-state index in [1.807, 2.05) is 0 Å². The number of morpholine rings is 1. The van der Waals surface area contributed by atoms with Crippen LogP contribution >= 0.6 is 0 Å². The lowest BCUT2D eigenvalue weighted by atomic mass is 9.75. The number of ether oxygens (including phenoxy) is 1. The average Bonchev–Trinajstić information content (AvgIpc) is 2.24. The molecule has 2 aliphatic rings. The Morgan fingerprint density at radius 1 is 1.27 bits per heavy atom. The SMILES string of the molecule is CCC1(NCCN2CCOCC2)CCC1. The molecular formula is C12H24N2O. The first-order valence-corrected chi connectivity index (χ1v) is 6.40. The Morgan fingerprint density at radius 2 is 2.00 bits per heavy atom. The molecule has 0 spiro atoms. The summed E-state index contributed by atoms with van der Waals surface area (Å²) in [5.74, 6) is 0. The summed E-state index contributed by atoms with van der Waals surface area (Å²) in [6.07, 6.45) is 5.47. The van der Waals surface area contributed by atoms with Crippen molar-refractivity contribution in [3.05, 3.63) is 0 Å². The van der Waals surface area contributed by atoms with Crippen LogP contribution in [0.2, 0.25) is 0 Å². The summed E-state index contributed by atoms with van der Waals surface area (Å²) in [6, 6.07) is 0. The Kier molecular flexibility index (Phi) is 4.00. The highest BCUT2D eigenvalue weighted by molar-refractivity contribution is 4.94. The molecule has 3 heteroatoms. The zero-order valence-corrected chi connectivity index (χ0v) is 9.93. The third kappa shape index (κ3) is 2.92. The monoisotopic (exact) mass is 212 g/mol. The molecule has 1 saturated carbocycles. The lowest BCUT2D eigenvalue weighted by Crippen LogP contribution is -2.53. The van der Waals surface area contributed by atoms with Gasteiger partial charge in [-0.3, -0.25) is 4.90 Å². The summed E-state index contributed by atoms with van der Waals surface area (Å²) < 4.78 is 5.34. The molecule has 15 heavy (non-hydrogen) atoms. The van der Waals surface area contributed by atoms with Crippen molar-refractivity contribution in [3.63, 3.8) is 0 Å². The van der Waals surface area contributed by atoms with Gasteiger partial charge in [-0.15, -0.1) is 0 Å². The van der Waals surface area contributed by atoms with Crippen molar-refractivity contribution in [2.75, 3.05) is 39.4 Å². The van der Waals surface area contributed by atoms with Crippen LogP contribution in [0.4, 0.5) is 0 Å². The van der Waals surface area contributed by atoms with Gasteiger partial charge in [-0.1, -0.05) is 6.92 Å². The van der Waals surface area contributed by atoms with Gasteiger partial charge in [0, 0.05) is 31.7 Å². The number of nitrogens with one attached hydrogen (secondary N) is 1. The van der Waals surface area contributed by atoms with Crippen LogP contribution in [0, 0.1) is 0 Å². The standard InChI is InChI=1S/C12H24N2O/c1-2-12(4-3-5-12)13-6-7-14-8-10-15-11-9-14/h13H,2-11H2,1H3. The van der Waals surface area contributed by atoms with E-state index < -0.39 is 0 Å². The van der Waals surface area contributed by atoms with E-state index in [4.69, 9.17) is 4.74 Å². The van der Waals surface area contributed by atoms with Gasteiger partial charge in [0.2, 0.25) is 0 Å². The lowest BCUT2D eigenvalue weighted by molar-refractivity contribution is 0.0361. The van der Waals surface area contributed by atoms with Gasteiger partial charge in [0.05, 0.1) is 13.2 Å². The topological polar surface area (TPSA) is 24.5 Å². The maximum absolute atomic E-state index is 5.34. The van der Waals surface area contributed by atoms with E-state index in [-0.39, 0.29) is 0 Å². The fourth-order valence-corrected chi connectivity index (χ4v) is 2.56. The van der Waals surface area contributed by atoms with Crippen LogP contribution in [0.25, 0.3) is 0 Å². The fourth-order valence-electron chi connectivity index (χ4n) is 2.56. The number of rotatable bonds is 5. The van der Waals surface area contributed by atoms with E-state index in [1.54, 1.807) is 0 Å². The number of hydrogen-bond acceptors (Lipinski definition) is 3. The van der Waals surface area contributed by atoms with Gasteiger partial charge in [-0.2, -0.15) is 0 Å². The third-order valence-corrected chi connectivity index (χ3v) is 4.02. The normalized spacial score (nSPS) is 26.2. The molecule has 1 heterocycles. The van der Waals surface area contributed by atoms with Crippen LogP contribution in [-0.4, -0.2) is 49.8 Å². The van der Waals surface area contributed by atoms with Crippen LogP contribution in [0.3, 0.4) is 0 Å². The van der Waals surface area contributed by atoms with Crippen LogP contribution in [0.1, 0.15) is 32.6 Å². The summed E-state index contributed by atoms with van der Waals surface area (Å²) in [4.78, 5) is 2.50. The molecule has 0 aromatic rings. The van der Waals surface area contributed by atoms with Gasteiger partial charge in [-0.25, -0.2) is 0 Å². The molecule has 3 nitrogen and oxygen atoms in total. The van der Waals surface area contributed by atoms with Crippen LogP contribution in [-0.2, 0) is 4.74 Å². The molecular weight excluding hydrogens is 188 g/mol. The second kappa shape index (κ2) is 5.28. The molecule has 0 bridgehead atoms. The number of hydrogen-bond donors (Lipinski definition) is 1. The van der Waals surface area contributed by atoms with E-state index in [0.717, 1.165) is 32.8 Å². The zero-order chi connectivity index (χ0) is 10.6. The van der Waals surface area contributed by atoms with Crippen molar-refractivity contribution in [2.24, 2.45) is 0 Å². The molecule has 1 aliphatic heterocycles. The molecule has 2 fully saturated rings. The summed E-state index contributed by atoms with van der Waals surface area (Å²) in [6.45, 7) is 8.69. The van der Waals surface area contributed by atoms with E-state index in [9.17, 15) is 0 Å². The van der Waals surface area contributed by atoms with Crippen molar-refractivity contribution in [3.8, 4) is 0 Å². The van der Waals surface area contributed by atoms with E-state index >= 15 is 0 Å². The second-order valence-corrected chi connectivity index (χ2v) is 4.87. The smallest absolute Gasteiger partial charge is 0.0594 e. The predicted molar refractivity (Wildman–Crippen MR) is 62.1 cm³/mol. The van der Waals surface area contributed by atoms with Crippen molar-refractivity contribution in [1.29, 1.82) is 0 Å². The number of nitrogens with zero attached hydrogens (tertiary/aromatic N) is 1. The van der Waals surface area contributed by atoms with Crippen LogP contribution in [0.15, 0.2) is 0 Å². The first-order valence-electron chi connectivity index (χ1n) is 6.40. The molecule has 0 atom stereocenters. The summed E-state index contributed by atoms with van der Waals surface area (Å²) in [5, 5.41) is 3.75. The lowest BCUT2D eigenvalue weighted by Gasteiger charge is -2.43. The van der Waals surface area contributed by atoms with Gasteiger partial charge in [0.15, 0.2) is 0 Å². The maximum Gasteiger partial charge on any atom is 0.0594 e. The van der Waals surface area contributed by atoms with Gasteiger partial charge in [0.25, 0.3) is 0 Å². The van der Waals surface area contributed by atoms with Gasteiger partial charge >= 0.3 is 0 Å². The first-order chi connectivity index (χ1) is 7.35. The molecule has 0 amide bonds. The largest absolute Gasteiger partial charge is 0.379 e. The third-order valence-electron chi connectivity index (χ3n) is 4.02. The molecule has 0 radical (unpaired) electrons. The average molecular weight is 212 g/mol. The van der Waals surface area contributed by atoms with E-state index in [0.29, 0.717) is 5.54 Å². The minimum atomic E-state index is 0.506. The highest BCUT2D eigenvalue weighted by atomic mass is 16.5. The van der Waals surface area contributed by atoms with Gasteiger partial charge in [-0.05, 0) is 25.7 Å². The highest BCUT2D eigenvalue weighted by Crippen LogP contribution is 2.34. The zero-order valence-electron chi connectivity index (χ0n) is 9.93. The molecule has 88 valence electrons. The summed E-state index contributed by atoms with van der Waals surface area (Å²) in [7, 11) is 0. The Morgan fingerprint density at radius 3 is 2.53 bits per heavy atom. The Balaban J connectivity index is 1.61. The Bertz CT molecular complexity index is 181. The minimum Gasteiger partial charge on any atom is -0.379 e. The van der Waals surface area contributed by atoms with E-state index in [1.165, 1.54) is 32.2 Å². The molecule has 0 aromatic carbocycles. The second-order valence-electron chi connectivity index (χ2n) is 4.87. The molecule has 2 rings (SSSR count). The van der Waals surface area contributed by atoms with E-state index in [2.05, 4.69) is 17.1 Å². The maximum atomic E-state index is 5.34. The Labute approximate surface area is 93.2 Å². The predicted octanol–water partition coefficient (Wildman–Crippen LogP) is 1.24. The molecule has 1 aliphatic carbocycles. The quantitative estimate of drug-likeness (QED) is 0.742. The molecule has 1 N–H and O–H groups in total. The molecule has 1 saturated heterocycles. The summed E-state index contributed by atoms with van der Waals surface area (Å²) in [5.41, 5.74) is 0.506. The molecule has 0 aromatic heterocycles. The molecule has 0 unspecified atom stereocenters. The van der Waals surface area contributed by atoms with Crippen LogP contribution < -0.4 is 5.32 Å². The highest BCUT2D eigenvalue weighted by Gasteiger charge is 2.34. The first kappa shape index (κ1) is 11.4. The fraction of sp³-hybridized carbons (Fsp3) is 1.00. The minimum absolute atomic E-state index is 0.506. The van der Waals surface area contributed by atoms with Crippen molar-refractivity contribution >= 4 is 0 Å². The van der Waals surface area contributed by atoms with Crippen molar-refractivity contribution in [1.82, 2.24) is 10.2 Å². The van der Waals surface area contributed by atoms with Crippen LogP contribution in [0.5, 0.6) is 0 Å². The Hall–Kier alpha value is -0.120.